The molecule has 28 heavy (non-hydrogen) atoms. The van der Waals surface area contributed by atoms with Gasteiger partial charge in [-0.2, -0.15) is 0 Å². The highest BCUT2D eigenvalue weighted by atomic mass is 32.1. The maximum atomic E-state index is 4.33. The number of nitrogens with zero attached hydrogens (tertiary/aromatic N) is 5. The second kappa shape index (κ2) is 8.62. The summed E-state index contributed by atoms with van der Waals surface area (Å²) >= 11 is 1.75. The summed E-state index contributed by atoms with van der Waals surface area (Å²) in [6.45, 7) is 2.72. The molecule has 0 aliphatic rings. The summed E-state index contributed by atoms with van der Waals surface area (Å²) < 4.78 is 1.87. The van der Waals surface area contributed by atoms with Gasteiger partial charge in [0.2, 0.25) is 0 Å². The topological polar surface area (TPSA) is 84.3 Å². The minimum absolute atomic E-state index is 0.161. The molecule has 0 amide bonds. The number of aromatic nitrogens is 6. The number of aromatic amines is 1. The van der Waals surface area contributed by atoms with E-state index in [0.29, 0.717) is 0 Å². The van der Waals surface area contributed by atoms with Gasteiger partial charge in [0.25, 0.3) is 0 Å². The zero-order valence-corrected chi connectivity index (χ0v) is 16.3. The number of benzene rings is 1. The summed E-state index contributed by atoms with van der Waals surface area (Å²) in [4.78, 5) is 8.76. The molecule has 1 atom stereocenters. The molecule has 7 nitrogen and oxygen atoms in total. The molecule has 3 heterocycles. The summed E-state index contributed by atoms with van der Waals surface area (Å²) in [7, 11) is 0. The lowest BCUT2D eigenvalue weighted by Gasteiger charge is -2.16. The van der Waals surface area contributed by atoms with Gasteiger partial charge in [-0.1, -0.05) is 30.4 Å². The maximum Gasteiger partial charge on any atom is 0.177 e. The normalized spacial score (nSPS) is 13.0. The molecule has 1 unspecified atom stereocenters. The number of nitrogens with one attached hydrogen (secondary N) is 2. The Kier molecular flexibility index (Phi) is 5.58. The van der Waals surface area contributed by atoms with Crippen molar-refractivity contribution >= 4 is 28.1 Å². The average Bonchev–Trinajstić information content (AvgIpc) is 3.46. The van der Waals surface area contributed by atoms with Crippen LogP contribution in [0, 0.1) is 0 Å². The van der Waals surface area contributed by atoms with Gasteiger partial charge in [0, 0.05) is 23.5 Å². The molecule has 0 saturated heterocycles. The third-order valence-electron chi connectivity index (χ3n) is 4.34. The number of imidazole rings is 1. The predicted octanol–water partition coefficient (Wildman–Crippen LogP) is 4.14. The van der Waals surface area contributed by atoms with Crippen LogP contribution in [-0.4, -0.2) is 30.2 Å². The van der Waals surface area contributed by atoms with Crippen LogP contribution < -0.4 is 5.32 Å². The molecule has 2 N–H and O–H groups in total. The van der Waals surface area contributed by atoms with E-state index in [1.807, 2.05) is 48.0 Å². The van der Waals surface area contributed by atoms with Gasteiger partial charge in [-0.25, -0.2) is 9.67 Å². The van der Waals surface area contributed by atoms with Crippen LogP contribution >= 0.6 is 11.3 Å². The van der Waals surface area contributed by atoms with E-state index in [4.69, 9.17) is 0 Å². The van der Waals surface area contributed by atoms with Crippen LogP contribution in [-0.2, 0) is 13.0 Å². The summed E-state index contributed by atoms with van der Waals surface area (Å²) in [6, 6.07) is 10.1. The number of hydrogen-bond acceptors (Lipinski definition) is 6. The van der Waals surface area contributed by atoms with Crippen LogP contribution in [0.3, 0.4) is 0 Å². The lowest BCUT2D eigenvalue weighted by molar-refractivity contribution is 0.561. The van der Waals surface area contributed by atoms with Gasteiger partial charge < -0.3 is 10.3 Å². The molecule has 0 aliphatic carbocycles. The number of aryl methyl sites for hydroxylation is 2. The molecule has 0 spiro atoms. The average molecular weight is 392 g/mol. The second-order valence-electron chi connectivity index (χ2n) is 6.26. The molecule has 0 aliphatic heterocycles. The molecular weight excluding hydrogens is 370 g/mol. The molecule has 0 saturated carbocycles. The van der Waals surface area contributed by atoms with Gasteiger partial charge in [0.1, 0.15) is 6.04 Å². The zero-order valence-electron chi connectivity index (χ0n) is 15.5. The van der Waals surface area contributed by atoms with Crippen molar-refractivity contribution in [2.45, 2.75) is 25.9 Å². The molecular formula is C20H21N7S. The molecule has 8 heteroatoms. The molecule has 4 rings (SSSR count). The first kappa shape index (κ1) is 18.1. The van der Waals surface area contributed by atoms with E-state index in [-0.39, 0.29) is 6.04 Å². The maximum absolute atomic E-state index is 4.33. The first-order valence-corrected chi connectivity index (χ1v) is 9.99. The van der Waals surface area contributed by atoms with Crippen LogP contribution in [0.25, 0.3) is 11.0 Å². The Bertz CT molecular complexity index is 1080. The third kappa shape index (κ3) is 4.17. The van der Waals surface area contributed by atoms with Crippen molar-refractivity contribution in [2.75, 3.05) is 5.32 Å². The fourth-order valence-corrected chi connectivity index (χ4v) is 3.65. The number of fused-ring (bicyclic) bond motifs is 1. The summed E-state index contributed by atoms with van der Waals surface area (Å²) in [6.07, 6.45) is 10.6. The van der Waals surface area contributed by atoms with Crippen molar-refractivity contribution in [2.24, 2.45) is 0 Å². The Morgan fingerprint density at radius 1 is 1.29 bits per heavy atom. The first-order chi connectivity index (χ1) is 13.8. The summed E-state index contributed by atoms with van der Waals surface area (Å²) in [5.41, 5.74) is 2.88. The van der Waals surface area contributed by atoms with Gasteiger partial charge in [-0.05, 0) is 47.0 Å². The molecule has 0 fully saturated rings. The molecule has 142 valence electrons. The van der Waals surface area contributed by atoms with E-state index in [0.717, 1.165) is 35.5 Å². The number of hydrogen-bond donors (Lipinski definition) is 2. The highest BCUT2D eigenvalue weighted by Crippen LogP contribution is 2.22. The van der Waals surface area contributed by atoms with Crippen LogP contribution in [0.5, 0.6) is 0 Å². The van der Waals surface area contributed by atoms with Crippen LogP contribution in [0.1, 0.15) is 23.7 Å². The standard InChI is InChI=1S/C20H21N7S/c1-2-3-4-7-18(23-15-8-9-17-19(13-15)22-14-21-17)20-24-25-26-27(20)11-10-16-6-5-12-28-16/h2-9,12-14,18,23H,10-11H2,1H3,(H,21,22). The van der Waals surface area contributed by atoms with E-state index in [1.54, 1.807) is 17.7 Å². The van der Waals surface area contributed by atoms with Crippen molar-refractivity contribution in [3.63, 3.8) is 0 Å². The SMILES string of the molecule is CC=CC=CC(Nc1ccc2[nH]cnc2c1)c1nnnn1CCc1cccs1. The molecule has 1 aromatic carbocycles. The van der Waals surface area contributed by atoms with E-state index < -0.39 is 0 Å². The van der Waals surface area contributed by atoms with Crippen molar-refractivity contribution in [1.29, 1.82) is 0 Å². The zero-order chi connectivity index (χ0) is 19.2. The highest BCUT2D eigenvalue weighted by molar-refractivity contribution is 7.09. The van der Waals surface area contributed by atoms with E-state index in [1.165, 1.54) is 4.88 Å². The minimum Gasteiger partial charge on any atom is -0.372 e. The lowest BCUT2D eigenvalue weighted by atomic mass is 10.2. The Morgan fingerprint density at radius 2 is 2.25 bits per heavy atom. The third-order valence-corrected chi connectivity index (χ3v) is 5.27. The van der Waals surface area contributed by atoms with E-state index >= 15 is 0 Å². The fraction of sp³-hybridized carbons (Fsp3) is 0.200. The largest absolute Gasteiger partial charge is 0.372 e. The minimum atomic E-state index is -0.161. The fourth-order valence-electron chi connectivity index (χ4n) is 2.95. The number of tetrazole rings is 1. The monoisotopic (exact) mass is 391 g/mol. The lowest BCUT2D eigenvalue weighted by Crippen LogP contribution is -2.16. The Hall–Kier alpha value is -3.26. The quantitative estimate of drug-likeness (QED) is 0.441. The van der Waals surface area contributed by atoms with Gasteiger partial charge in [0.15, 0.2) is 5.82 Å². The number of anilines is 1. The number of H-pyrrole nitrogens is 1. The van der Waals surface area contributed by atoms with Crippen LogP contribution in [0.2, 0.25) is 0 Å². The van der Waals surface area contributed by atoms with Crippen LogP contribution in [0.15, 0.2) is 66.3 Å². The molecule has 0 radical (unpaired) electrons. The Labute approximate surface area is 166 Å². The highest BCUT2D eigenvalue weighted by Gasteiger charge is 2.17. The first-order valence-electron chi connectivity index (χ1n) is 9.11. The smallest absolute Gasteiger partial charge is 0.177 e. The molecule has 3 aromatic heterocycles. The van der Waals surface area contributed by atoms with Gasteiger partial charge in [0.05, 0.1) is 17.4 Å². The molecule has 4 aromatic rings. The Morgan fingerprint density at radius 3 is 3.11 bits per heavy atom. The molecule has 0 bridgehead atoms. The number of thiophene rings is 1. The van der Waals surface area contributed by atoms with Crippen molar-refractivity contribution < 1.29 is 0 Å². The predicted molar refractivity (Wildman–Crippen MR) is 112 cm³/mol. The summed E-state index contributed by atoms with van der Waals surface area (Å²) in [5, 5.41) is 18.0. The van der Waals surface area contributed by atoms with E-state index in [2.05, 4.69) is 54.4 Å². The second-order valence-corrected chi connectivity index (χ2v) is 7.29. The van der Waals surface area contributed by atoms with Crippen molar-refractivity contribution in [1.82, 2.24) is 30.2 Å². The van der Waals surface area contributed by atoms with Gasteiger partial charge in [-0.15, -0.1) is 16.4 Å². The van der Waals surface area contributed by atoms with Crippen LogP contribution in [0.4, 0.5) is 5.69 Å². The van der Waals surface area contributed by atoms with E-state index in [9.17, 15) is 0 Å². The van der Waals surface area contributed by atoms with Crippen molar-refractivity contribution in [3.8, 4) is 0 Å². The van der Waals surface area contributed by atoms with Crippen molar-refractivity contribution in [3.05, 3.63) is 77.0 Å². The van der Waals surface area contributed by atoms with Gasteiger partial charge in [-0.3, -0.25) is 0 Å². The Balaban J connectivity index is 1.58. The number of rotatable bonds is 8. The van der Waals surface area contributed by atoms with Gasteiger partial charge >= 0.3 is 0 Å². The summed E-state index contributed by atoms with van der Waals surface area (Å²) in [5.74, 6) is 0.777. The number of allylic oxidation sites excluding steroid dienone is 3.